The summed E-state index contributed by atoms with van der Waals surface area (Å²) in [5.74, 6) is -0.490. The van der Waals surface area contributed by atoms with Gasteiger partial charge in [0, 0.05) is 6.54 Å². The molecule has 0 aliphatic carbocycles. The summed E-state index contributed by atoms with van der Waals surface area (Å²) in [6.45, 7) is 4.12. The van der Waals surface area contributed by atoms with Crippen molar-refractivity contribution in [2.75, 3.05) is 6.54 Å². The zero-order valence-corrected chi connectivity index (χ0v) is 11.1. The fraction of sp³-hybridized carbons (Fsp3) is 0.636. The Morgan fingerprint density at radius 2 is 2.21 bits per heavy atom. The number of urea groups is 1. The van der Waals surface area contributed by atoms with E-state index in [1.54, 1.807) is 0 Å². The highest BCUT2D eigenvalue weighted by molar-refractivity contribution is 5.94. The molecule has 19 heavy (non-hydrogen) atoms. The van der Waals surface area contributed by atoms with Crippen LogP contribution in [-0.2, 0) is 11.3 Å². The fourth-order valence-electron chi connectivity index (χ4n) is 1.35. The van der Waals surface area contributed by atoms with E-state index < -0.39 is 18.0 Å². The lowest BCUT2D eigenvalue weighted by Gasteiger charge is -2.05. The topological polar surface area (TPSA) is 109 Å². The average Bonchev–Trinajstić information content (AvgIpc) is 2.83. The second kappa shape index (κ2) is 7.47. The first kappa shape index (κ1) is 15.1. The highest BCUT2D eigenvalue weighted by Gasteiger charge is 2.12. The Balaban J connectivity index is 2.44. The molecule has 1 aromatic heterocycles. The fourth-order valence-corrected chi connectivity index (χ4v) is 1.35. The van der Waals surface area contributed by atoms with Gasteiger partial charge in [-0.15, -0.1) is 5.10 Å². The van der Waals surface area contributed by atoms with Crippen LogP contribution in [-0.4, -0.2) is 38.6 Å². The molecule has 0 saturated heterocycles. The van der Waals surface area contributed by atoms with Crippen molar-refractivity contribution in [1.29, 1.82) is 0 Å². The maximum absolute atomic E-state index is 11.5. The van der Waals surface area contributed by atoms with Crippen LogP contribution in [0.3, 0.4) is 0 Å². The Labute approximate surface area is 111 Å². The quantitative estimate of drug-likeness (QED) is 0.671. The first-order valence-corrected chi connectivity index (χ1v) is 6.22. The van der Waals surface area contributed by atoms with Crippen LogP contribution in [0.15, 0.2) is 6.20 Å². The Morgan fingerprint density at radius 3 is 2.84 bits per heavy atom. The SMILES string of the molecule is CCCNC(=O)NC(=O)Cn1cc(C(O)CC)nn1. The van der Waals surface area contributed by atoms with Crippen molar-refractivity contribution in [1.82, 2.24) is 25.6 Å². The number of carbonyl (C=O) groups excluding carboxylic acids is 2. The first-order chi connectivity index (χ1) is 9.06. The molecule has 1 heterocycles. The Bertz CT molecular complexity index is 432. The van der Waals surface area contributed by atoms with E-state index in [1.165, 1.54) is 10.9 Å². The number of aliphatic hydroxyl groups excluding tert-OH is 1. The van der Waals surface area contributed by atoms with Crippen LogP contribution in [0.1, 0.15) is 38.5 Å². The van der Waals surface area contributed by atoms with E-state index in [4.69, 9.17) is 0 Å². The zero-order chi connectivity index (χ0) is 14.3. The number of imide groups is 1. The number of nitrogens with one attached hydrogen (secondary N) is 2. The number of nitrogens with zero attached hydrogens (tertiary/aromatic N) is 3. The normalized spacial score (nSPS) is 11.9. The number of aliphatic hydroxyl groups is 1. The van der Waals surface area contributed by atoms with E-state index in [9.17, 15) is 14.7 Å². The molecule has 8 heteroatoms. The summed E-state index contributed by atoms with van der Waals surface area (Å²) >= 11 is 0. The minimum Gasteiger partial charge on any atom is -0.387 e. The number of aromatic nitrogens is 3. The van der Waals surface area contributed by atoms with Crippen LogP contribution >= 0.6 is 0 Å². The Morgan fingerprint density at radius 1 is 1.47 bits per heavy atom. The van der Waals surface area contributed by atoms with E-state index in [2.05, 4.69) is 20.9 Å². The molecule has 1 unspecified atom stereocenters. The van der Waals surface area contributed by atoms with Gasteiger partial charge in [-0.25, -0.2) is 9.48 Å². The van der Waals surface area contributed by atoms with Gasteiger partial charge in [0.25, 0.3) is 0 Å². The predicted molar refractivity (Wildman–Crippen MR) is 67.1 cm³/mol. The largest absolute Gasteiger partial charge is 0.387 e. The summed E-state index contributed by atoms with van der Waals surface area (Å²) < 4.78 is 1.27. The molecule has 3 N–H and O–H groups in total. The number of carbonyl (C=O) groups is 2. The summed E-state index contributed by atoms with van der Waals surface area (Å²) in [6, 6.07) is -0.527. The molecule has 0 aliphatic rings. The number of hydrogen-bond donors (Lipinski definition) is 3. The molecular weight excluding hydrogens is 250 g/mol. The molecule has 0 saturated carbocycles. The molecule has 0 bridgehead atoms. The van der Waals surface area contributed by atoms with Crippen molar-refractivity contribution in [2.45, 2.75) is 39.3 Å². The monoisotopic (exact) mass is 269 g/mol. The van der Waals surface area contributed by atoms with Gasteiger partial charge in [-0.2, -0.15) is 0 Å². The third-order valence-electron chi connectivity index (χ3n) is 2.38. The third kappa shape index (κ3) is 5.04. The average molecular weight is 269 g/mol. The van der Waals surface area contributed by atoms with Crippen molar-refractivity contribution >= 4 is 11.9 Å². The van der Waals surface area contributed by atoms with Gasteiger partial charge < -0.3 is 10.4 Å². The van der Waals surface area contributed by atoms with Gasteiger partial charge in [0.05, 0.1) is 12.3 Å². The lowest BCUT2D eigenvalue weighted by Crippen LogP contribution is -2.41. The Hall–Kier alpha value is -1.96. The van der Waals surface area contributed by atoms with Crippen LogP contribution in [0, 0.1) is 0 Å². The molecule has 0 aliphatic heterocycles. The molecule has 106 valence electrons. The van der Waals surface area contributed by atoms with Crippen molar-refractivity contribution in [2.24, 2.45) is 0 Å². The van der Waals surface area contributed by atoms with Crippen LogP contribution in [0.25, 0.3) is 0 Å². The van der Waals surface area contributed by atoms with Gasteiger partial charge in [0.2, 0.25) is 5.91 Å². The lowest BCUT2D eigenvalue weighted by molar-refractivity contribution is -0.120. The van der Waals surface area contributed by atoms with E-state index in [-0.39, 0.29) is 6.54 Å². The second-order valence-corrected chi connectivity index (χ2v) is 4.07. The van der Waals surface area contributed by atoms with E-state index in [0.717, 1.165) is 6.42 Å². The molecule has 0 spiro atoms. The minimum atomic E-state index is -0.690. The molecule has 8 nitrogen and oxygen atoms in total. The van der Waals surface area contributed by atoms with Gasteiger partial charge in [-0.1, -0.05) is 19.1 Å². The molecule has 3 amide bonds. The van der Waals surface area contributed by atoms with E-state index in [0.29, 0.717) is 18.7 Å². The zero-order valence-electron chi connectivity index (χ0n) is 11.1. The van der Waals surface area contributed by atoms with Gasteiger partial charge in [-0.3, -0.25) is 10.1 Å². The van der Waals surface area contributed by atoms with Crippen LogP contribution in [0.4, 0.5) is 4.79 Å². The van der Waals surface area contributed by atoms with Crippen LogP contribution in [0.2, 0.25) is 0 Å². The van der Waals surface area contributed by atoms with Gasteiger partial charge >= 0.3 is 6.03 Å². The predicted octanol–water partition coefficient (Wildman–Crippen LogP) is -0.0427. The molecule has 1 rings (SSSR count). The van der Waals surface area contributed by atoms with Gasteiger partial charge in [0.15, 0.2) is 0 Å². The maximum atomic E-state index is 11.5. The number of amides is 3. The summed E-state index contributed by atoms with van der Waals surface area (Å²) in [5.41, 5.74) is 0.408. The second-order valence-electron chi connectivity index (χ2n) is 4.07. The molecule has 0 fully saturated rings. The van der Waals surface area contributed by atoms with Crippen molar-refractivity contribution in [3.63, 3.8) is 0 Å². The van der Waals surface area contributed by atoms with Crippen LogP contribution in [0.5, 0.6) is 0 Å². The van der Waals surface area contributed by atoms with Gasteiger partial charge in [-0.05, 0) is 12.8 Å². The van der Waals surface area contributed by atoms with E-state index in [1.807, 2.05) is 13.8 Å². The molecule has 1 aromatic rings. The van der Waals surface area contributed by atoms with Crippen molar-refractivity contribution in [3.8, 4) is 0 Å². The summed E-state index contributed by atoms with van der Waals surface area (Å²) in [7, 11) is 0. The standard InChI is InChI=1S/C11H19N5O3/c1-3-5-12-11(19)13-10(18)7-16-6-8(14-15-16)9(17)4-2/h6,9,17H,3-5,7H2,1-2H3,(H2,12,13,18,19). The molecular formula is C11H19N5O3. The maximum Gasteiger partial charge on any atom is 0.321 e. The summed E-state index contributed by atoms with van der Waals surface area (Å²) in [4.78, 5) is 22.7. The Kier molecular flexibility index (Phi) is 5.94. The lowest BCUT2D eigenvalue weighted by atomic mass is 10.2. The van der Waals surface area contributed by atoms with Crippen molar-refractivity contribution in [3.05, 3.63) is 11.9 Å². The molecule has 0 radical (unpaired) electrons. The highest BCUT2D eigenvalue weighted by Crippen LogP contribution is 2.11. The number of rotatable bonds is 6. The van der Waals surface area contributed by atoms with E-state index >= 15 is 0 Å². The van der Waals surface area contributed by atoms with Gasteiger partial charge in [0.1, 0.15) is 12.2 Å². The highest BCUT2D eigenvalue weighted by atomic mass is 16.3. The van der Waals surface area contributed by atoms with Crippen molar-refractivity contribution < 1.29 is 14.7 Å². The molecule has 0 aromatic carbocycles. The molecule has 1 atom stereocenters. The third-order valence-corrected chi connectivity index (χ3v) is 2.38. The summed E-state index contributed by atoms with van der Waals surface area (Å²) in [5, 5.41) is 21.7. The first-order valence-electron chi connectivity index (χ1n) is 6.22. The number of hydrogen-bond acceptors (Lipinski definition) is 5. The smallest absolute Gasteiger partial charge is 0.321 e. The summed E-state index contributed by atoms with van der Waals surface area (Å²) in [6.07, 6.45) is 2.11. The minimum absolute atomic E-state index is 0.122. The van der Waals surface area contributed by atoms with Crippen LogP contribution < -0.4 is 10.6 Å².